The van der Waals surface area contributed by atoms with Crippen LogP contribution in [0.4, 0.5) is 5.88 Å². The third-order valence-electron chi connectivity index (χ3n) is 3.54. The Morgan fingerprint density at radius 2 is 1.76 bits per heavy atom. The molecule has 0 aliphatic rings. The summed E-state index contributed by atoms with van der Waals surface area (Å²) in [4.78, 5) is 4.40. The Morgan fingerprint density at radius 1 is 1.08 bits per heavy atom. The lowest BCUT2D eigenvalue weighted by atomic mass is 10.2. The summed E-state index contributed by atoms with van der Waals surface area (Å²) in [6.45, 7) is 2.54. The number of oxazole rings is 1. The van der Waals surface area contributed by atoms with Crippen molar-refractivity contribution >= 4 is 27.3 Å². The zero-order chi connectivity index (χ0) is 17.9. The Kier molecular flexibility index (Phi) is 5.11. The molecule has 0 spiro atoms. The molecular formula is C18H17ClN2O3S. The molecule has 130 valence electrons. The highest BCUT2D eigenvalue weighted by atomic mass is 35.5. The number of aromatic nitrogens is 1. The van der Waals surface area contributed by atoms with Gasteiger partial charge in [0.25, 0.3) is 0 Å². The van der Waals surface area contributed by atoms with E-state index < -0.39 is 9.84 Å². The van der Waals surface area contributed by atoms with E-state index >= 15 is 0 Å². The summed E-state index contributed by atoms with van der Waals surface area (Å²) in [5, 5.41) is 3.30. The van der Waals surface area contributed by atoms with Crippen LogP contribution in [0.15, 0.2) is 68.9 Å². The largest absolute Gasteiger partial charge is 0.419 e. The maximum Gasteiger partial charge on any atom is 0.233 e. The van der Waals surface area contributed by atoms with E-state index in [0.717, 1.165) is 6.42 Å². The summed E-state index contributed by atoms with van der Waals surface area (Å²) >= 11 is 6.19. The second-order valence-electron chi connectivity index (χ2n) is 5.38. The number of rotatable bonds is 6. The number of hydrogen-bond donors (Lipinski definition) is 1. The molecule has 3 aromatic rings. The average molecular weight is 377 g/mol. The van der Waals surface area contributed by atoms with Crippen molar-refractivity contribution in [3.8, 4) is 11.5 Å². The van der Waals surface area contributed by atoms with Crippen LogP contribution in [0, 0.1) is 0 Å². The van der Waals surface area contributed by atoms with Crippen molar-refractivity contribution in [2.24, 2.45) is 0 Å². The van der Waals surface area contributed by atoms with Gasteiger partial charge in [-0.1, -0.05) is 48.9 Å². The first-order valence-corrected chi connectivity index (χ1v) is 9.70. The van der Waals surface area contributed by atoms with Gasteiger partial charge in [0.1, 0.15) is 0 Å². The summed E-state index contributed by atoms with van der Waals surface area (Å²) < 4.78 is 31.6. The van der Waals surface area contributed by atoms with Gasteiger partial charge in [0.15, 0.2) is 0 Å². The molecule has 2 aromatic carbocycles. The van der Waals surface area contributed by atoms with Crippen LogP contribution < -0.4 is 5.32 Å². The van der Waals surface area contributed by atoms with E-state index in [0.29, 0.717) is 17.1 Å². The maximum atomic E-state index is 13.0. The van der Waals surface area contributed by atoms with Gasteiger partial charge < -0.3 is 9.73 Å². The summed E-state index contributed by atoms with van der Waals surface area (Å²) in [6, 6.07) is 15.2. The number of anilines is 1. The molecular weight excluding hydrogens is 360 g/mol. The quantitative estimate of drug-likeness (QED) is 0.677. The van der Waals surface area contributed by atoms with E-state index in [4.69, 9.17) is 16.0 Å². The second-order valence-corrected chi connectivity index (χ2v) is 7.65. The van der Waals surface area contributed by atoms with Crippen molar-refractivity contribution in [3.05, 3.63) is 59.6 Å². The summed E-state index contributed by atoms with van der Waals surface area (Å²) in [5.41, 5.74) is 0.540. The van der Waals surface area contributed by atoms with Crippen molar-refractivity contribution in [1.82, 2.24) is 4.98 Å². The predicted molar refractivity (Wildman–Crippen MR) is 97.6 cm³/mol. The SMILES string of the molecule is CCCNc1oc(-c2ccccc2Cl)nc1S(=O)(=O)c1ccccc1. The molecule has 0 atom stereocenters. The third kappa shape index (κ3) is 3.55. The first kappa shape index (κ1) is 17.5. The molecule has 0 fully saturated rings. The third-order valence-corrected chi connectivity index (χ3v) is 5.55. The Balaban J connectivity index is 2.14. The van der Waals surface area contributed by atoms with Crippen LogP contribution in [-0.2, 0) is 9.84 Å². The number of nitrogens with one attached hydrogen (secondary N) is 1. The average Bonchev–Trinajstić information content (AvgIpc) is 3.06. The van der Waals surface area contributed by atoms with Crippen LogP contribution >= 0.6 is 11.6 Å². The fourth-order valence-electron chi connectivity index (χ4n) is 2.30. The molecule has 1 aromatic heterocycles. The lowest BCUT2D eigenvalue weighted by Gasteiger charge is -2.04. The fraction of sp³-hybridized carbons (Fsp3) is 0.167. The van der Waals surface area contributed by atoms with Crippen LogP contribution in [0.2, 0.25) is 5.02 Å². The van der Waals surface area contributed by atoms with Gasteiger partial charge in [-0.3, -0.25) is 0 Å². The van der Waals surface area contributed by atoms with Gasteiger partial charge in [0, 0.05) is 6.54 Å². The standard InChI is InChI=1S/C18H17ClN2O3S/c1-2-12-20-17-18(25(22,23)13-8-4-3-5-9-13)21-16(24-17)14-10-6-7-11-15(14)19/h3-11,20H,2,12H2,1H3. The van der Waals surface area contributed by atoms with Gasteiger partial charge in [-0.2, -0.15) is 4.98 Å². The van der Waals surface area contributed by atoms with Gasteiger partial charge in [-0.15, -0.1) is 0 Å². The van der Waals surface area contributed by atoms with Gasteiger partial charge >= 0.3 is 0 Å². The van der Waals surface area contributed by atoms with Crippen molar-refractivity contribution in [3.63, 3.8) is 0 Å². The minimum atomic E-state index is -3.81. The number of benzene rings is 2. The number of halogens is 1. The number of hydrogen-bond acceptors (Lipinski definition) is 5. The Hall–Kier alpha value is -2.31. The first-order chi connectivity index (χ1) is 12.0. The molecule has 0 radical (unpaired) electrons. The molecule has 7 heteroatoms. The fourth-order valence-corrected chi connectivity index (χ4v) is 3.82. The molecule has 25 heavy (non-hydrogen) atoms. The minimum absolute atomic E-state index is 0.126. The van der Waals surface area contributed by atoms with E-state index in [1.165, 1.54) is 12.1 Å². The molecule has 0 unspecified atom stereocenters. The van der Waals surface area contributed by atoms with Crippen LogP contribution in [0.25, 0.3) is 11.5 Å². The molecule has 0 aliphatic heterocycles. The summed E-state index contributed by atoms with van der Waals surface area (Å²) in [7, 11) is -3.81. The molecule has 0 amide bonds. The normalized spacial score (nSPS) is 11.4. The van der Waals surface area contributed by atoms with Crippen molar-refractivity contribution in [2.45, 2.75) is 23.3 Å². The Bertz CT molecular complexity index is 969. The lowest BCUT2D eigenvalue weighted by molar-refractivity contribution is 0.576. The molecule has 0 bridgehead atoms. The second kappa shape index (κ2) is 7.29. The highest BCUT2D eigenvalue weighted by Gasteiger charge is 2.28. The zero-order valence-electron chi connectivity index (χ0n) is 13.6. The summed E-state index contributed by atoms with van der Waals surface area (Å²) in [6.07, 6.45) is 0.812. The molecule has 0 saturated carbocycles. The molecule has 0 saturated heterocycles. The van der Waals surface area contributed by atoms with Crippen LogP contribution in [0.5, 0.6) is 0 Å². The molecule has 5 nitrogen and oxygen atoms in total. The minimum Gasteiger partial charge on any atom is -0.419 e. The smallest absolute Gasteiger partial charge is 0.233 e. The number of nitrogens with zero attached hydrogens (tertiary/aromatic N) is 1. The van der Waals surface area contributed by atoms with Crippen LogP contribution in [0.3, 0.4) is 0 Å². The highest BCUT2D eigenvalue weighted by molar-refractivity contribution is 7.91. The summed E-state index contributed by atoms with van der Waals surface area (Å²) in [5.74, 6) is 0.291. The van der Waals surface area contributed by atoms with Crippen molar-refractivity contribution in [1.29, 1.82) is 0 Å². The monoisotopic (exact) mass is 376 g/mol. The lowest BCUT2D eigenvalue weighted by Crippen LogP contribution is -2.07. The molecule has 1 N–H and O–H groups in total. The van der Waals surface area contributed by atoms with Gasteiger partial charge in [-0.05, 0) is 30.7 Å². The van der Waals surface area contributed by atoms with E-state index in [2.05, 4.69) is 10.3 Å². The van der Waals surface area contributed by atoms with Gasteiger partial charge in [-0.25, -0.2) is 8.42 Å². The molecule has 0 aliphatic carbocycles. The van der Waals surface area contributed by atoms with E-state index in [9.17, 15) is 8.42 Å². The zero-order valence-corrected chi connectivity index (χ0v) is 15.1. The van der Waals surface area contributed by atoms with Gasteiger partial charge in [0.05, 0.1) is 15.5 Å². The topological polar surface area (TPSA) is 72.2 Å². The van der Waals surface area contributed by atoms with E-state index in [-0.39, 0.29) is 21.7 Å². The maximum absolute atomic E-state index is 13.0. The van der Waals surface area contributed by atoms with E-state index in [1.54, 1.807) is 42.5 Å². The highest BCUT2D eigenvalue weighted by Crippen LogP contribution is 2.34. The predicted octanol–water partition coefficient (Wildman–Crippen LogP) is 4.65. The van der Waals surface area contributed by atoms with Crippen molar-refractivity contribution < 1.29 is 12.8 Å². The molecule has 1 heterocycles. The Labute approximate surface area is 151 Å². The first-order valence-electron chi connectivity index (χ1n) is 7.83. The van der Waals surface area contributed by atoms with Gasteiger partial charge in [0.2, 0.25) is 26.6 Å². The van der Waals surface area contributed by atoms with Crippen molar-refractivity contribution in [2.75, 3.05) is 11.9 Å². The van der Waals surface area contributed by atoms with E-state index in [1.807, 2.05) is 6.92 Å². The van der Waals surface area contributed by atoms with Crippen LogP contribution in [-0.4, -0.2) is 19.9 Å². The Morgan fingerprint density at radius 3 is 2.44 bits per heavy atom. The van der Waals surface area contributed by atoms with Crippen LogP contribution in [0.1, 0.15) is 13.3 Å². The number of sulfone groups is 1. The molecule has 3 rings (SSSR count).